The van der Waals surface area contributed by atoms with Crippen LogP contribution in [0.1, 0.15) is 78.1 Å². The number of likely N-dealkylation sites (tertiary alicyclic amines) is 1. The SMILES string of the molecule is CCCCC1CC(NCC2CCCC2)CN(C(=O)CCC)C1. The number of carbonyl (C=O) groups excluding carboxylic acids is 1. The van der Waals surface area contributed by atoms with Crippen LogP contribution in [0, 0.1) is 11.8 Å². The quantitative estimate of drug-likeness (QED) is 0.736. The molecule has 2 rings (SSSR count). The third kappa shape index (κ3) is 5.57. The van der Waals surface area contributed by atoms with E-state index in [0.717, 1.165) is 31.8 Å². The van der Waals surface area contributed by atoms with E-state index in [0.29, 0.717) is 17.9 Å². The number of rotatable bonds is 8. The Morgan fingerprint density at radius 1 is 1.09 bits per heavy atom. The van der Waals surface area contributed by atoms with Gasteiger partial charge in [-0.3, -0.25) is 4.79 Å². The number of nitrogens with zero attached hydrogens (tertiary/aromatic N) is 1. The smallest absolute Gasteiger partial charge is 0.222 e. The van der Waals surface area contributed by atoms with E-state index < -0.39 is 0 Å². The average molecular weight is 309 g/mol. The highest BCUT2D eigenvalue weighted by Gasteiger charge is 2.29. The Morgan fingerprint density at radius 2 is 1.86 bits per heavy atom. The topological polar surface area (TPSA) is 32.3 Å². The summed E-state index contributed by atoms with van der Waals surface area (Å²) in [5.41, 5.74) is 0. The minimum atomic E-state index is 0.372. The van der Waals surface area contributed by atoms with Gasteiger partial charge in [0.2, 0.25) is 5.91 Å². The lowest BCUT2D eigenvalue weighted by Gasteiger charge is -2.39. The number of amides is 1. The summed E-state index contributed by atoms with van der Waals surface area (Å²) in [5.74, 6) is 1.96. The molecule has 1 aliphatic carbocycles. The van der Waals surface area contributed by atoms with Crippen molar-refractivity contribution in [1.29, 1.82) is 0 Å². The molecule has 1 saturated carbocycles. The van der Waals surface area contributed by atoms with Gasteiger partial charge in [-0.2, -0.15) is 0 Å². The first-order valence-corrected chi connectivity index (χ1v) is 9.74. The van der Waals surface area contributed by atoms with Gasteiger partial charge in [0.05, 0.1) is 0 Å². The molecule has 0 spiro atoms. The fourth-order valence-corrected chi connectivity index (χ4v) is 4.18. The van der Waals surface area contributed by atoms with Crippen molar-refractivity contribution >= 4 is 5.91 Å². The van der Waals surface area contributed by atoms with Crippen LogP contribution >= 0.6 is 0 Å². The molecule has 2 unspecified atom stereocenters. The summed E-state index contributed by atoms with van der Waals surface area (Å²) >= 11 is 0. The number of carbonyl (C=O) groups is 1. The van der Waals surface area contributed by atoms with E-state index in [9.17, 15) is 4.79 Å². The van der Waals surface area contributed by atoms with Gasteiger partial charge in [0.15, 0.2) is 0 Å². The Morgan fingerprint density at radius 3 is 2.55 bits per heavy atom. The molecule has 1 amide bonds. The molecular formula is C19H36N2O. The zero-order valence-corrected chi connectivity index (χ0v) is 14.8. The predicted octanol–water partition coefficient (Wildman–Crippen LogP) is 3.97. The standard InChI is InChI=1S/C19H36N2O/c1-3-5-9-17-12-18(20-13-16-10-6-7-11-16)15-21(14-17)19(22)8-4-2/h16-18,20H,3-15H2,1-2H3. The fraction of sp³-hybridized carbons (Fsp3) is 0.947. The third-order valence-electron chi connectivity index (χ3n) is 5.49. The molecule has 0 aromatic heterocycles. The van der Waals surface area contributed by atoms with Crippen LogP contribution in [-0.2, 0) is 4.79 Å². The van der Waals surface area contributed by atoms with Crippen LogP contribution in [0.15, 0.2) is 0 Å². The number of hydrogen-bond acceptors (Lipinski definition) is 2. The summed E-state index contributed by atoms with van der Waals surface area (Å²) in [6.07, 6.45) is 12.4. The molecule has 1 heterocycles. The Kier molecular flexibility index (Phi) is 7.71. The van der Waals surface area contributed by atoms with Gasteiger partial charge in [-0.05, 0) is 50.5 Å². The second kappa shape index (κ2) is 9.54. The number of unbranched alkanes of at least 4 members (excludes halogenated alkanes) is 1. The van der Waals surface area contributed by atoms with Crippen LogP contribution in [0.2, 0.25) is 0 Å². The second-order valence-electron chi connectivity index (χ2n) is 7.55. The molecule has 2 atom stereocenters. The predicted molar refractivity (Wildman–Crippen MR) is 92.9 cm³/mol. The van der Waals surface area contributed by atoms with Crippen LogP contribution in [-0.4, -0.2) is 36.5 Å². The van der Waals surface area contributed by atoms with E-state index >= 15 is 0 Å². The van der Waals surface area contributed by atoms with Crippen molar-refractivity contribution in [2.45, 2.75) is 84.1 Å². The molecule has 0 aromatic rings. The van der Waals surface area contributed by atoms with Crippen LogP contribution < -0.4 is 5.32 Å². The minimum Gasteiger partial charge on any atom is -0.341 e. The monoisotopic (exact) mass is 308 g/mol. The first-order valence-electron chi connectivity index (χ1n) is 9.74. The van der Waals surface area contributed by atoms with E-state index in [-0.39, 0.29) is 0 Å². The summed E-state index contributed by atoms with van der Waals surface area (Å²) < 4.78 is 0. The molecule has 1 aliphatic heterocycles. The van der Waals surface area contributed by atoms with Crippen molar-refractivity contribution in [3.05, 3.63) is 0 Å². The van der Waals surface area contributed by atoms with Crippen molar-refractivity contribution in [2.75, 3.05) is 19.6 Å². The maximum absolute atomic E-state index is 12.3. The van der Waals surface area contributed by atoms with Gasteiger partial charge in [-0.25, -0.2) is 0 Å². The third-order valence-corrected chi connectivity index (χ3v) is 5.49. The molecule has 0 aromatic carbocycles. The zero-order chi connectivity index (χ0) is 15.8. The Balaban J connectivity index is 1.84. The molecule has 22 heavy (non-hydrogen) atoms. The maximum atomic E-state index is 12.3. The van der Waals surface area contributed by atoms with Crippen LogP contribution in [0.5, 0.6) is 0 Å². The van der Waals surface area contributed by atoms with Crippen LogP contribution in [0.3, 0.4) is 0 Å². The highest BCUT2D eigenvalue weighted by Crippen LogP contribution is 2.26. The highest BCUT2D eigenvalue weighted by atomic mass is 16.2. The van der Waals surface area contributed by atoms with Gasteiger partial charge < -0.3 is 10.2 Å². The summed E-state index contributed by atoms with van der Waals surface area (Å²) in [6.45, 7) is 7.47. The van der Waals surface area contributed by atoms with Crippen LogP contribution in [0.25, 0.3) is 0 Å². The van der Waals surface area contributed by atoms with Gasteiger partial charge in [-0.15, -0.1) is 0 Å². The molecule has 2 fully saturated rings. The molecule has 128 valence electrons. The Bertz CT molecular complexity index is 325. The zero-order valence-electron chi connectivity index (χ0n) is 14.8. The molecule has 3 heteroatoms. The lowest BCUT2D eigenvalue weighted by molar-refractivity contribution is -0.133. The van der Waals surface area contributed by atoms with Gasteiger partial charge in [-0.1, -0.05) is 39.5 Å². The van der Waals surface area contributed by atoms with E-state index in [2.05, 4.69) is 24.1 Å². The largest absolute Gasteiger partial charge is 0.341 e. The Hall–Kier alpha value is -0.570. The summed E-state index contributed by atoms with van der Waals surface area (Å²) in [6, 6.07) is 0.525. The summed E-state index contributed by atoms with van der Waals surface area (Å²) in [5, 5.41) is 3.80. The normalized spacial score (nSPS) is 26.5. The Labute approximate surface area is 137 Å². The lowest BCUT2D eigenvalue weighted by Crippen LogP contribution is -2.52. The first-order chi connectivity index (χ1) is 10.7. The van der Waals surface area contributed by atoms with Gasteiger partial charge >= 0.3 is 0 Å². The fourth-order valence-electron chi connectivity index (χ4n) is 4.18. The van der Waals surface area contributed by atoms with Crippen molar-refractivity contribution in [2.24, 2.45) is 11.8 Å². The van der Waals surface area contributed by atoms with Gasteiger partial charge in [0.25, 0.3) is 0 Å². The number of hydrogen-bond donors (Lipinski definition) is 1. The number of piperidine rings is 1. The van der Waals surface area contributed by atoms with E-state index in [4.69, 9.17) is 0 Å². The molecule has 0 bridgehead atoms. The maximum Gasteiger partial charge on any atom is 0.222 e. The van der Waals surface area contributed by atoms with E-state index in [1.165, 1.54) is 57.9 Å². The van der Waals surface area contributed by atoms with Crippen LogP contribution in [0.4, 0.5) is 0 Å². The molecule has 0 radical (unpaired) electrons. The van der Waals surface area contributed by atoms with Crippen molar-refractivity contribution < 1.29 is 4.79 Å². The second-order valence-corrected chi connectivity index (χ2v) is 7.55. The molecular weight excluding hydrogens is 272 g/mol. The van der Waals surface area contributed by atoms with Crippen molar-refractivity contribution in [3.63, 3.8) is 0 Å². The first kappa shape index (κ1) is 17.8. The minimum absolute atomic E-state index is 0.372. The lowest BCUT2D eigenvalue weighted by atomic mass is 9.89. The highest BCUT2D eigenvalue weighted by molar-refractivity contribution is 5.76. The van der Waals surface area contributed by atoms with Gasteiger partial charge in [0, 0.05) is 25.6 Å². The molecule has 1 saturated heterocycles. The van der Waals surface area contributed by atoms with Crippen molar-refractivity contribution in [3.8, 4) is 0 Å². The van der Waals surface area contributed by atoms with Crippen molar-refractivity contribution in [1.82, 2.24) is 10.2 Å². The summed E-state index contributed by atoms with van der Waals surface area (Å²) in [4.78, 5) is 14.5. The van der Waals surface area contributed by atoms with E-state index in [1.807, 2.05) is 0 Å². The van der Waals surface area contributed by atoms with E-state index in [1.54, 1.807) is 0 Å². The molecule has 3 nitrogen and oxygen atoms in total. The van der Waals surface area contributed by atoms with Gasteiger partial charge in [0.1, 0.15) is 0 Å². The average Bonchev–Trinajstić information content (AvgIpc) is 3.04. The molecule has 1 N–H and O–H groups in total. The molecule has 2 aliphatic rings. The number of nitrogens with one attached hydrogen (secondary N) is 1. The summed E-state index contributed by atoms with van der Waals surface area (Å²) in [7, 11) is 0.